The van der Waals surface area contributed by atoms with Crippen molar-refractivity contribution < 1.29 is 4.52 Å². The molecule has 0 saturated heterocycles. The van der Waals surface area contributed by atoms with E-state index in [9.17, 15) is 0 Å². The number of likely N-dealkylation sites (N-methyl/N-ethyl adjacent to an activating group) is 1. The Bertz CT molecular complexity index is 541. The summed E-state index contributed by atoms with van der Waals surface area (Å²) in [5.41, 5.74) is 1.16. The van der Waals surface area contributed by atoms with E-state index in [1.54, 1.807) is 0 Å². The van der Waals surface area contributed by atoms with Gasteiger partial charge in [-0.2, -0.15) is 4.98 Å². The van der Waals surface area contributed by atoms with Crippen LogP contribution in [-0.2, 0) is 6.42 Å². The maximum absolute atomic E-state index is 5.35. The second-order valence-electron chi connectivity index (χ2n) is 4.68. The molecule has 1 aromatic heterocycles. The normalized spacial score (nSPS) is 14.3. The minimum absolute atomic E-state index is 0.200. The number of benzene rings is 1. The van der Waals surface area contributed by atoms with Crippen molar-refractivity contribution in [2.24, 2.45) is 0 Å². The molecule has 2 rings (SSSR count). The average molecular weight is 324 g/mol. The second kappa shape index (κ2) is 6.30. The van der Waals surface area contributed by atoms with Gasteiger partial charge in [-0.15, -0.1) is 0 Å². The minimum Gasteiger partial charge on any atom is -0.339 e. The standard InChI is InChI=1S/C14H18BrN3O/c1-9(10(2)16-3)14-17-13(18-19-14)8-11-6-4-5-7-12(11)15/h4-7,9-10,16H,8H2,1-3H3. The van der Waals surface area contributed by atoms with E-state index >= 15 is 0 Å². The first-order valence-corrected chi connectivity index (χ1v) is 7.14. The molecule has 0 fully saturated rings. The molecule has 0 aliphatic carbocycles. The van der Waals surface area contributed by atoms with E-state index < -0.39 is 0 Å². The summed E-state index contributed by atoms with van der Waals surface area (Å²) in [5, 5.41) is 7.25. The molecule has 102 valence electrons. The van der Waals surface area contributed by atoms with Crippen molar-refractivity contribution in [3.63, 3.8) is 0 Å². The van der Waals surface area contributed by atoms with Crippen molar-refractivity contribution in [3.8, 4) is 0 Å². The van der Waals surface area contributed by atoms with E-state index in [1.807, 2.05) is 25.2 Å². The molecular weight excluding hydrogens is 306 g/mol. The SMILES string of the molecule is CNC(C)C(C)c1nc(Cc2ccccc2Br)no1. The zero-order chi connectivity index (χ0) is 13.8. The van der Waals surface area contributed by atoms with Crippen molar-refractivity contribution in [1.29, 1.82) is 0 Å². The van der Waals surface area contributed by atoms with E-state index in [4.69, 9.17) is 4.52 Å². The largest absolute Gasteiger partial charge is 0.339 e. The lowest BCUT2D eigenvalue weighted by Gasteiger charge is -2.14. The highest BCUT2D eigenvalue weighted by molar-refractivity contribution is 9.10. The lowest BCUT2D eigenvalue weighted by Crippen LogP contribution is -2.27. The lowest BCUT2D eigenvalue weighted by molar-refractivity contribution is 0.333. The Morgan fingerprint density at radius 3 is 2.74 bits per heavy atom. The summed E-state index contributed by atoms with van der Waals surface area (Å²) >= 11 is 3.53. The maximum Gasteiger partial charge on any atom is 0.231 e. The first-order valence-electron chi connectivity index (χ1n) is 6.35. The summed E-state index contributed by atoms with van der Waals surface area (Å²) in [5.74, 6) is 1.60. The van der Waals surface area contributed by atoms with Crippen molar-refractivity contribution in [2.75, 3.05) is 7.05 Å². The van der Waals surface area contributed by atoms with Crippen LogP contribution in [0.4, 0.5) is 0 Å². The van der Waals surface area contributed by atoms with Crippen LogP contribution in [0.25, 0.3) is 0 Å². The quantitative estimate of drug-likeness (QED) is 0.918. The molecule has 2 atom stereocenters. The molecule has 0 spiro atoms. The van der Waals surface area contributed by atoms with Crippen LogP contribution in [-0.4, -0.2) is 23.2 Å². The third kappa shape index (κ3) is 3.42. The Hall–Kier alpha value is -1.20. The summed E-state index contributed by atoms with van der Waals surface area (Å²) < 4.78 is 6.41. The third-order valence-corrected chi connectivity index (χ3v) is 4.16. The predicted octanol–water partition coefficient (Wildman–Crippen LogP) is 3.13. The zero-order valence-electron chi connectivity index (χ0n) is 11.4. The molecular formula is C14H18BrN3O. The topological polar surface area (TPSA) is 51.0 Å². The lowest BCUT2D eigenvalue weighted by atomic mass is 10.0. The first-order chi connectivity index (χ1) is 9.11. The Labute approximate surface area is 121 Å². The van der Waals surface area contributed by atoms with Crippen LogP contribution in [0.5, 0.6) is 0 Å². The fourth-order valence-electron chi connectivity index (χ4n) is 1.80. The molecule has 0 amide bonds. The first kappa shape index (κ1) is 14.2. The molecule has 0 saturated carbocycles. The van der Waals surface area contributed by atoms with Gasteiger partial charge in [0.05, 0.1) is 5.92 Å². The Morgan fingerprint density at radius 2 is 2.05 bits per heavy atom. The van der Waals surface area contributed by atoms with Gasteiger partial charge in [0.25, 0.3) is 0 Å². The van der Waals surface area contributed by atoms with Gasteiger partial charge in [-0.3, -0.25) is 0 Å². The molecule has 0 bridgehead atoms. The van der Waals surface area contributed by atoms with Gasteiger partial charge in [-0.1, -0.05) is 46.2 Å². The fraction of sp³-hybridized carbons (Fsp3) is 0.429. The Morgan fingerprint density at radius 1 is 1.32 bits per heavy atom. The van der Waals surface area contributed by atoms with Crippen LogP contribution in [0, 0.1) is 0 Å². The van der Waals surface area contributed by atoms with Crippen molar-refractivity contribution in [1.82, 2.24) is 15.5 Å². The average Bonchev–Trinajstić information content (AvgIpc) is 2.88. The molecule has 1 aromatic carbocycles. The van der Waals surface area contributed by atoms with Gasteiger partial charge >= 0.3 is 0 Å². The Balaban J connectivity index is 2.12. The molecule has 0 aliphatic rings. The van der Waals surface area contributed by atoms with Gasteiger partial charge in [-0.05, 0) is 25.6 Å². The number of nitrogens with zero attached hydrogens (tertiary/aromatic N) is 2. The van der Waals surface area contributed by atoms with Crippen LogP contribution >= 0.6 is 15.9 Å². The molecule has 4 nitrogen and oxygen atoms in total. The highest BCUT2D eigenvalue weighted by Gasteiger charge is 2.19. The van der Waals surface area contributed by atoms with Crippen LogP contribution in [0.2, 0.25) is 0 Å². The van der Waals surface area contributed by atoms with Gasteiger partial charge in [0, 0.05) is 16.9 Å². The third-order valence-electron chi connectivity index (χ3n) is 3.39. The van der Waals surface area contributed by atoms with E-state index in [0.717, 1.165) is 15.9 Å². The molecule has 1 heterocycles. The Kier molecular flexibility index (Phi) is 4.71. The smallest absolute Gasteiger partial charge is 0.231 e. The molecule has 2 aromatic rings. The summed E-state index contributed by atoms with van der Waals surface area (Å²) in [6, 6.07) is 8.37. The summed E-state index contributed by atoms with van der Waals surface area (Å²) in [7, 11) is 1.93. The van der Waals surface area contributed by atoms with Gasteiger partial charge in [0.15, 0.2) is 5.82 Å². The second-order valence-corrected chi connectivity index (χ2v) is 5.54. The number of rotatable bonds is 5. The molecule has 0 aliphatic heterocycles. The van der Waals surface area contributed by atoms with Gasteiger partial charge in [-0.25, -0.2) is 0 Å². The minimum atomic E-state index is 0.200. The van der Waals surface area contributed by atoms with Crippen LogP contribution in [0.1, 0.15) is 37.0 Å². The highest BCUT2D eigenvalue weighted by Crippen LogP contribution is 2.21. The molecule has 2 unspecified atom stereocenters. The van der Waals surface area contributed by atoms with Gasteiger partial charge in [0.1, 0.15) is 0 Å². The van der Waals surface area contributed by atoms with E-state index in [-0.39, 0.29) is 5.92 Å². The zero-order valence-corrected chi connectivity index (χ0v) is 12.9. The van der Waals surface area contributed by atoms with Crippen molar-refractivity contribution in [2.45, 2.75) is 32.2 Å². The number of hydrogen-bond donors (Lipinski definition) is 1. The summed E-state index contributed by atoms with van der Waals surface area (Å²) in [4.78, 5) is 4.48. The summed E-state index contributed by atoms with van der Waals surface area (Å²) in [6.45, 7) is 4.18. The maximum atomic E-state index is 5.35. The number of halogens is 1. The van der Waals surface area contributed by atoms with Gasteiger partial charge in [0.2, 0.25) is 5.89 Å². The number of aromatic nitrogens is 2. The molecule has 19 heavy (non-hydrogen) atoms. The number of hydrogen-bond acceptors (Lipinski definition) is 4. The molecule has 5 heteroatoms. The molecule has 0 radical (unpaired) electrons. The highest BCUT2D eigenvalue weighted by atomic mass is 79.9. The predicted molar refractivity (Wildman–Crippen MR) is 78.2 cm³/mol. The monoisotopic (exact) mass is 323 g/mol. The van der Waals surface area contributed by atoms with E-state index in [0.29, 0.717) is 18.4 Å². The fourth-order valence-corrected chi connectivity index (χ4v) is 2.23. The van der Waals surface area contributed by atoms with Gasteiger partial charge < -0.3 is 9.84 Å². The number of nitrogens with one attached hydrogen (secondary N) is 1. The van der Waals surface area contributed by atoms with Crippen LogP contribution in [0.3, 0.4) is 0 Å². The van der Waals surface area contributed by atoms with Crippen molar-refractivity contribution in [3.05, 3.63) is 46.0 Å². The van der Waals surface area contributed by atoms with E-state index in [1.165, 1.54) is 0 Å². The molecule has 1 N–H and O–H groups in total. The van der Waals surface area contributed by atoms with Crippen molar-refractivity contribution >= 4 is 15.9 Å². The van der Waals surface area contributed by atoms with Crippen LogP contribution in [0.15, 0.2) is 33.3 Å². The summed E-state index contributed by atoms with van der Waals surface area (Å²) in [6.07, 6.45) is 0.672. The van der Waals surface area contributed by atoms with E-state index in [2.05, 4.69) is 51.3 Å². The van der Waals surface area contributed by atoms with Crippen LogP contribution < -0.4 is 5.32 Å².